The van der Waals surface area contributed by atoms with Crippen LogP contribution in [0.25, 0.3) is 0 Å². The number of likely N-dealkylation sites (N-methyl/N-ethyl adjacent to an activating group) is 1. The molecule has 9 heteroatoms. The summed E-state index contributed by atoms with van der Waals surface area (Å²) in [5.41, 5.74) is 2.42. The Bertz CT molecular complexity index is 997. The number of aryl methyl sites for hydroxylation is 2. The number of benzene rings is 1. The fraction of sp³-hybridized carbons (Fsp3) is 0.300. The van der Waals surface area contributed by atoms with Gasteiger partial charge in [-0.05, 0) is 26.5 Å². The molecule has 3 rings (SSSR count). The largest absolute Gasteiger partial charge is 0.360 e. The second-order valence-corrected chi connectivity index (χ2v) is 8.00. The highest BCUT2D eigenvalue weighted by atomic mass is 32.1. The second kappa shape index (κ2) is 9.44. The molecule has 1 aromatic carbocycles. The Morgan fingerprint density at radius 2 is 1.90 bits per heavy atom. The number of hydrogen-bond donors (Lipinski definition) is 2. The Labute approximate surface area is 172 Å². The van der Waals surface area contributed by atoms with Crippen LogP contribution in [0.3, 0.4) is 0 Å². The molecule has 2 amide bonds. The average Bonchev–Trinajstić information content (AvgIpc) is 3.23. The molecule has 0 aliphatic heterocycles. The molecule has 29 heavy (non-hydrogen) atoms. The van der Waals surface area contributed by atoms with E-state index in [9.17, 15) is 9.59 Å². The van der Waals surface area contributed by atoms with Crippen LogP contribution in [0.1, 0.15) is 21.8 Å². The van der Waals surface area contributed by atoms with Crippen molar-refractivity contribution >= 4 is 34.1 Å². The average molecular weight is 414 g/mol. The zero-order chi connectivity index (χ0) is 20.8. The number of amides is 2. The number of aromatic nitrogens is 2. The van der Waals surface area contributed by atoms with Crippen LogP contribution in [0, 0.1) is 13.8 Å². The molecule has 0 saturated carbocycles. The molecule has 2 heterocycles. The van der Waals surface area contributed by atoms with Crippen molar-refractivity contribution in [2.24, 2.45) is 0 Å². The van der Waals surface area contributed by atoms with Gasteiger partial charge >= 0.3 is 0 Å². The van der Waals surface area contributed by atoms with E-state index in [0.29, 0.717) is 16.7 Å². The molecule has 2 N–H and O–H groups in total. The maximum Gasteiger partial charge on any atom is 0.240 e. The summed E-state index contributed by atoms with van der Waals surface area (Å²) >= 11 is 1.45. The molecule has 0 fully saturated rings. The highest BCUT2D eigenvalue weighted by Gasteiger charge is 2.14. The van der Waals surface area contributed by atoms with E-state index < -0.39 is 0 Å². The van der Waals surface area contributed by atoms with Gasteiger partial charge in [-0.2, -0.15) is 0 Å². The first-order valence-corrected chi connectivity index (χ1v) is 9.91. The molecule has 2 aromatic heterocycles. The molecule has 0 saturated heterocycles. The monoisotopic (exact) mass is 413 g/mol. The Morgan fingerprint density at radius 1 is 1.14 bits per heavy atom. The predicted octanol–water partition coefficient (Wildman–Crippen LogP) is 2.85. The Hall–Kier alpha value is -3.04. The maximum atomic E-state index is 12.2. The van der Waals surface area contributed by atoms with Crippen LogP contribution in [-0.4, -0.2) is 47.0 Å². The maximum absolute atomic E-state index is 12.2. The fourth-order valence-corrected chi connectivity index (χ4v) is 3.65. The number of rotatable bonds is 8. The van der Waals surface area contributed by atoms with E-state index in [4.69, 9.17) is 4.52 Å². The molecule has 0 radical (unpaired) electrons. The van der Waals surface area contributed by atoms with Crippen molar-refractivity contribution in [3.05, 3.63) is 58.3 Å². The zero-order valence-electron chi connectivity index (χ0n) is 16.6. The first kappa shape index (κ1) is 20.7. The number of thiazole rings is 1. The molecule has 0 aliphatic rings. The molecule has 0 bridgehead atoms. The van der Waals surface area contributed by atoms with Gasteiger partial charge in [-0.1, -0.05) is 35.0 Å². The van der Waals surface area contributed by atoms with Crippen LogP contribution in [0.4, 0.5) is 10.9 Å². The van der Waals surface area contributed by atoms with Crippen LogP contribution in [0.2, 0.25) is 0 Å². The van der Waals surface area contributed by atoms with Crippen LogP contribution in [0.5, 0.6) is 0 Å². The van der Waals surface area contributed by atoms with E-state index in [1.807, 2.05) is 6.07 Å². The van der Waals surface area contributed by atoms with E-state index in [2.05, 4.69) is 45.9 Å². The van der Waals surface area contributed by atoms with Crippen LogP contribution in [0.15, 0.2) is 41.1 Å². The summed E-state index contributed by atoms with van der Waals surface area (Å²) in [6, 6.07) is 9.93. The van der Waals surface area contributed by atoms with Gasteiger partial charge in [0.2, 0.25) is 11.8 Å². The molecular formula is C20H23N5O3S. The lowest BCUT2D eigenvalue weighted by Gasteiger charge is -2.14. The lowest BCUT2D eigenvalue weighted by Crippen LogP contribution is -2.36. The van der Waals surface area contributed by atoms with Gasteiger partial charge in [-0.25, -0.2) is 4.98 Å². The number of nitrogens with one attached hydrogen (secondary N) is 2. The molecule has 0 aliphatic carbocycles. The molecule has 152 valence electrons. The summed E-state index contributed by atoms with van der Waals surface area (Å²) in [6.07, 6.45) is 2.55. The summed E-state index contributed by atoms with van der Waals surface area (Å²) in [5, 5.41) is 9.66. The minimum Gasteiger partial charge on any atom is -0.360 e. The lowest BCUT2D eigenvalue weighted by atomic mass is 10.1. The third-order valence-electron chi connectivity index (χ3n) is 3.98. The number of nitrogens with zero attached hydrogens (tertiary/aromatic N) is 3. The van der Waals surface area contributed by atoms with Crippen molar-refractivity contribution in [2.45, 2.75) is 20.3 Å². The van der Waals surface area contributed by atoms with Crippen molar-refractivity contribution < 1.29 is 14.1 Å². The zero-order valence-corrected chi connectivity index (χ0v) is 17.4. The molecule has 0 atom stereocenters. The fourth-order valence-electron chi connectivity index (χ4n) is 2.78. The molecule has 0 spiro atoms. The van der Waals surface area contributed by atoms with Gasteiger partial charge in [0.1, 0.15) is 5.76 Å². The summed E-state index contributed by atoms with van der Waals surface area (Å²) in [6.45, 7) is 3.92. The normalized spacial score (nSPS) is 10.9. The quantitative estimate of drug-likeness (QED) is 0.589. The van der Waals surface area contributed by atoms with Gasteiger partial charge in [-0.15, -0.1) is 11.3 Å². The number of anilines is 2. The smallest absolute Gasteiger partial charge is 0.240 e. The van der Waals surface area contributed by atoms with E-state index in [0.717, 1.165) is 11.3 Å². The topological polar surface area (TPSA) is 100 Å². The lowest BCUT2D eigenvalue weighted by molar-refractivity contribution is -0.119. The molecular weight excluding hydrogens is 390 g/mol. The number of hydrogen-bond acceptors (Lipinski definition) is 7. The minimum absolute atomic E-state index is 0.0514. The van der Waals surface area contributed by atoms with E-state index in [1.165, 1.54) is 22.5 Å². The Kier molecular flexibility index (Phi) is 6.73. The van der Waals surface area contributed by atoms with E-state index in [1.54, 1.807) is 31.1 Å². The third kappa shape index (κ3) is 6.51. The number of carbonyl (C=O) groups is 2. The van der Waals surface area contributed by atoms with Crippen molar-refractivity contribution in [3.8, 4) is 0 Å². The molecule has 0 unspecified atom stereocenters. The molecule has 3 aromatic rings. The van der Waals surface area contributed by atoms with Gasteiger partial charge in [0, 0.05) is 23.6 Å². The van der Waals surface area contributed by atoms with Crippen LogP contribution in [-0.2, 0) is 16.0 Å². The van der Waals surface area contributed by atoms with E-state index >= 15 is 0 Å². The van der Waals surface area contributed by atoms with Gasteiger partial charge in [-0.3, -0.25) is 14.5 Å². The highest BCUT2D eigenvalue weighted by molar-refractivity contribution is 7.15. The highest BCUT2D eigenvalue weighted by Crippen LogP contribution is 2.21. The minimum atomic E-state index is -0.275. The standard InChI is InChI=1S/C20H23N5O3S/c1-13-5-4-6-15(7-13)9-16-10-21-20(29-16)23-19(27)12-25(3)11-18(26)22-17-8-14(2)28-24-17/h4-8,10H,9,11-12H2,1-3H3,(H,21,23,27)(H,22,24,26). The Morgan fingerprint density at radius 3 is 2.59 bits per heavy atom. The van der Waals surface area contributed by atoms with Crippen molar-refractivity contribution in [2.75, 3.05) is 30.8 Å². The van der Waals surface area contributed by atoms with Gasteiger partial charge in [0.15, 0.2) is 10.9 Å². The SMILES string of the molecule is Cc1cccc(Cc2cnc(NC(=O)CN(C)CC(=O)Nc3cc(C)on3)s2)c1. The molecule has 8 nitrogen and oxygen atoms in total. The van der Waals surface area contributed by atoms with Gasteiger partial charge in [0.25, 0.3) is 0 Å². The summed E-state index contributed by atoms with van der Waals surface area (Å²) in [7, 11) is 1.69. The van der Waals surface area contributed by atoms with Gasteiger partial charge < -0.3 is 15.2 Å². The van der Waals surface area contributed by atoms with Crippen molar-refractivity contribution in [1.82, 2.24) is 15.0 Å². The van der Waals surface area contributed by atoms with Crippen molar-refractivity contribution in [1.29, 1.82) is 0 Å². The predicted molar refractivity (Wildman–Crippen MR) is 112 cm³/mol. The summed E-state index contributed by atoms with van der Waals surface area (Å²) < 4.78 is 4.90. The van der Waals surface area contributed by atoms with Crippen LogP contribution >= 0.6 is 11.3 Å². The van der Waals surface area contributed by atoms with Gasteiger partial charge in [0.05, 0.1) is 13.1 Å². The first-order chi connectivity index (χ1) is 13.9. The first-order valence-electron chi connectivity index (χ1n) is 9.09. The van der Waals surface area contributed by atoms with Crippen molar-refractivity contribution in [3.63, 3.8) is 0 Å². The second-order valence-electron chi connectivity index (χ2n) is 6.89. The van der Waals surface area contributed by atoms with E-state index in [-0.39, 0.29) is 24.9 Å². The number of carbonyl (C=O) groups excluding carboxylic acids is 2. The third-order valence-corrected chi connectivity index (χ3v) is 4.90. The Balaban J connectivity index is 1.45. The summed E-state index contributed by atoms with van der Waals surface area (Å²) in [4.78, 5) is 31.2. The van der Waals surface area contributed by atoms with Crippen LogP contribution < -0.4 is 10.6 Å². The summed E-state index contributed by atoms with van der Waals surface area (Å²) in [5.74, 6) is 0.463.